The first-order valence-electron chi connectivity index (χ1n) is 6.38. The van der Waals surface area contributed by atoms with Crippen LogP contribution in [0.4, 0.5) is 0 Å². The van der Waals surface area contributed by atoms with Gasteiger partial charge in [0.05, 0.1) is 26.4 Å². The Morgan fingerprint density at radius 2 is 2.11 bits per heavy atom. The fourth-order valence-electron chi connectivity index (χ4n) is 1.63. The van der Waals surface area contributed by atoms with E-state index in [1.165, 1.54) is 0 Å². The lowest BCUT2D eigenvalue weighted by molar-refractivity contribution is 0.0914. The molecule has 1 atom stereocenters. The Labute approximate surface area is 113 Å². The van der Waals surface area contributed by atoms with Crippen molar-refractivity contribution in [1.82, 2.24) is 5.32 Å². The van der Waals surface area contributed by atoms with Crippen LogP contribution in [0.5, 0.6) is 11.5 Å². The first-order valence-corrected chi connectivity index (χ1v) is 6.38. The van der Waals surface area contributed by atoms with Crippen LogP contribution in [0.15, 0.2) is 18.2 Å². The van der Waals surface area contributed by atoms with Crippen LogP contribution in [0.1, 0.15) is 30.6 Å². The van der Waals surface area contributed by atoms with E-state index in [1.807, 2.05) is 13.8 Å². The Hall–Kier alpha value is -1.75. The Balaban J connectivity index is 2.88. The summed E-state index contributed by atoms with van der Waals surface area (Å²) in [5.74, 6) is 0.895. The van der Waals surface area contributed by atoms with E-state index in [0.717, 1.165) is 0 Å². The third-order valence-corrected chi connectivity index (χ3v) is 2.77. The van der Waals surface area contributed by atoms with E-state index >= 15 is 0 Å². The van der Waals surface area contributed by atoms with Crippen molar-refractivity contribution in [3.8, 4) is 11.5 Å². The van der Waals surface area contributed by atoms with Crippen LogP contribution in [0.3, 0.4) is 0 Å². The number of carbonyl (C=O) groups is 1. The van der Waals surface area contributed by atoms with Gasteiger partial charge in [-0.1, -0.05) is 6.92 Å². The molecule has 0 saturated heterocycles. The molecule has 0 spiro atoms. The van der Waals surface area contributed by atoms with E-state index < -0.39 is 0 Å². The first-order chi connectivity index (χ1) is 9.15. The number of ether oxygens (including phenoxy) is 2. The lowest BCUT2D eigenvalue weighted by Gasteiger charge is -2.15. The molecule has 19 heavy (non-hydrogen) atoms. The first kappa shape index (κ1) is 15.3. The molecule has 0 bridgehead atoms. The molecule has 0 saturated carbocycles. The maximum Gasteiger partial charge on any atom is 0.251 e. The van der Waals surface area contributed by atoms with Gasteiger partial charge in [0, 0.05) is 5.56 Å². The van der Waals surface area contributed by atoms with Gasteiger partial charge in [-0.2, -0.15) is 0 Å². The molecule has 0 aliphatic rings. The summed E-state index contributed by atoms with van der Waals surface area (Å²) >= 11 is 0. The molecule has 5 heteroatoms. The van der Waals surface area contributed by atoms with Gasteiger partial charge in [0.2, 0.25) is 0 Å². The molecule has 1 amide bonds. The van der Waals surface area contributed by atoms with Crippen LogP contribution in [0.2, 0.25) is 0 Å². The second-order valence-electron chi connectivity index (χ2n) is 4.06. The zero-order valence-electron chi connectivity index (χ0n) is 11.6. The standard InChI is InChI=1S/C14H21NO4/c1-4-11(9-16)15-14(17)10-6-7-12(18-3)13(8-10)19-5-2/h6-8,11,16H,4-5,9H2,1-3H3,(H,15,17). The second-order valence-corrected chi connectivity index (χ2v) is 4.06. The van der Waals surface area contributed by atoms with Gasteiger partial charge < -0.3 is 19.9 Å². The molecular weight excluding hydrogens is 246 g/mol. The minimum Gasteiger partial charge on any atom is -0.493 e. The number of carbonyl (C=O) groups excluding carboxylic acids is 1. The van der Waals surface area contributed by atoms with Crippen molar-refractivity contribution < 1.29 is 19.4 Å². The van der Waals surface area contributed by atoms with Crippen molar-refractivity contribution in [2.75, 3.05) is 20.3 Å². The van der Waals surface area contributed by atoms with E-state index in [-0.39, 0.29) is 18.6 Å². The summed E-state index contributed by atoms with van der Waals surface area (Å²) in [6.45, 7) is 4.19. The molecule has 1 unspecified atom stereocenters. The quantitative estimate of drug-likeness (QED) is 0.787. The van der Waals surface area contributed by atoms with Gasteiger partial charge in [-0.25, -0.2) is 0 Å². The molecule has 106 valence electrons. The summed E-state index contributed by atoms with van der Waals surface area (Å²) in [5, 5.41) is 11.8. The summed E-state index contributed by atoms with van der Waals surface area (Å²) in [7, 11) is 1.55. The Morgan fingerprint density at radius 3 is 2.63 bits per heavy atom. The molecule has 0 aliphatic carbocycles. The molecule has 0 heterocycles. The molecule has 0 radical (unpaired) electrons. The maximum absolute atomic E-state index is 12.0. The third-order valence-electron chi connectivity index (χ3n) is 2.77. The van der Waals surface area contributed by atoms with Crippen LogP contribution < -0.4 is 14.8 Å². The van der Waals surface area contributed by atoms with E-state index in [9.17, 15) is 4.79 Å². The van der Waals surface area contributed by atoms with Crippen LogP contribution in [-0.4, -0.2) is 37.4 Å². The fraction of sp³-hybridized carbons (Fsp3) is 0.500. The largest absolute Gasteiger partial charge is 0.493 e. The van der Waals surface area contributed by atoms with Gasteiger partial charge in [-0.05, 0) is 31.5 Å². The normalized spacial score (nSPS) is 11.8. The highest BCUT2D eigenvalue weighted by molar-refractivity contribution is 5.95. The number of rotatable bonds is 7. The number of amides is 1. The molecule has 1 aromatic carbocycles. The molecule has 5 nitrogen and oxygen atoms in total. The molecule has 2 N–H and O–H groups in total. The van der Waals surface area contributed by atoms with Gasteiger partial charge in [-0.15, -0.1) is 0 Å². The molecule has 0 aliphatic heterocycles. The third kappa shape index (κ3) is 4.13. The average molecular weight is 267 g/mol. The summed E-state index contributed by atoms with van der Waals surface area (Å²) in [6.07, 6.45) is 0.677. The SMILES string of the molecule is CCOc1cc(C(=O)NC(CC)CO)ccc1OC. The van der Waals surface area contributed by atoms with Crippen LogP contribution in [0.25, 0.3) is 0 Å². The Bertz CT molecular complexity index is 416. The van der Waals surface area contributed by atoms with Crippen molar-refractivity contribution in [3.63, 3.8) is 0 Å². The van der Waals surface area contributed by atoms with Gasteiger partial charge in [0.25, 0.3) is 5.91 Å². The number of methoxy groups -OCH3 is 1. The minimum atomic E-state index is -0.232. The number of aliphatic hydroxyl groups excluding tert-OH is 1. The van der Waals surface area contributed by atoms with E-state index in [4.69, 9.17) is 14.6 Å². The highest BCUT2D eigenvalue weighted by Crippen LogP contribution is 2.28. The fourth-order valence-corrected chi connectivity index (χ4v) is 1.63. The number of aliphatic hydroxyl groups is 1. The van der Waals surface area contributed by atoms with Crippen molar-refractivity contribution in [2.24, 2.45) is 0 Å². The van der Waals surface area contributed by atoms with Crippen molar-refractivity contribution in [1.29, 1.82) is 0 Å². The molecular formula is C14H21NO4. The lowest BCUT2D eigenvalue weighted by atomic mass is 10.1. The minimum absolute atomic E-state index is 0.0727. The van der Waals surface area contributed by atoms with Crippen LogP contribution >= 0.6 is 0 Å². The zero-order chi connectivity index (χ0) is 14.3. The topological polar surface area (TPSA) is 67.8 Å². The van der Waals surface area contributed by atoms with Crippen molar-refractivity contribution >= 4 is 5.91 Å². The monoisotopic (exact) mass is 267 g/mol. The highest BCUT2D eigenvalue weighted by atomic mass is 16.5. The van der Waals surface area contributed by atoms with Crippen molar-refractivity contribution in [3.05, 3.63) is 23.8 Å². The van der Waals surface area contributed by atoms with Crippen LogP contribution in [0, 0.1) is 0 Å². The van der Waals surface area contributed by atoms with E-state index in [2.05, 4.69) is 5.32 Å². The van der Waals surface area contributed by atoms with Gasteiger partial charge in [0.1, 0.15) is 0 Å². The summed E-state index contributed by atoms with van der Waals surface area (Å²) < 4.78 is 10.6. The maximum atomic E-state index is 12.0. The van der Waals surface area contributed by atoms with Gasteiger partial charge in [0.15, 0.2) is 11.5 Å². The van der Waals surface area contributed by atoms with Crippen molar-refractivity contribution in [2.45, 2.75) is 26.3 Å². The predicted molar refractivity (Wildman–Crippen MR) is 72.8 cm³/mol. The predicted octanol–water partition coefficient (Wildman–Crippen LogP) is 1.59. The summed E-state index contributed by atoms with van der Waals surface area (Å²) in [4.78, 5) is 12.0. The Morgan fingerprint density at radius 1 is 1.37 bits per heavy atom. The summed E-state index contributed by atoms with van der Waals surface area (Å²) in [6, 6.07) is 4.77. The lowest BCUT2D eigenvalue weighted by Crippen LogP contribution is -2.36. The second kappa shape index (κ2) is 7.63. The molecule has 0 fully saturated rings. The number of hydrogen-bond donors (Lipinski definition) is 2. The molecule has 1 rings (SSSR count). The number of hydrogen-bond acceptors (Lipinski definition) is 4. The molecule has 1 aromatic rings. The zero-order valence-corrected chi connectivity index (χ0v) is 11.6. The summed E-state index contributed by atoms with van der Waals surface area (Å²) in [5.41, 5.74) is 0.483. The smallest absolute Gasteiger partial charge is 0.251 e. The van der Waals surface area contributed by atoms with Crippen LogP contribution in [-0.2, 0) is 0 Å². The highest BCUT2D eigenvalue weighted by Gasteiger charge is 2.14. The average Bonchev–Trinajstić information content (AvgIpc) is 2.44. The number of nitrogens with one attached hydrogen (secondary N) is 1. The molecule has 0 aromatic heterocycles. The van der Waals surface area contributed by atoms with Gasteiger partial charge >= 0.3 is 0 Å². The Kier molecular flexibility index (Phi) is 6.15. The van der Waals surface area contributed by atoms with E-state index in [0.29, 0.717) is 30.1 Å². The number of benzene rings is 1. The van der Waals surface area contributed by atoms with E-state index in [1.54, 1.807) is 25.3 Å². The van der Waals surface area contributed by atoms with Gasteiger partial charge in [-0.3, -0.25) is 4.79 Å².